The molecule has 4 rings (SSSR count). The Morgan fingerprint density at radius 1 is 1.10 bits per heavy atom. The highest BCUT2D eigenvalue weighted by atomic mass is 19.1. The summed E-state index contributed by atoms with van der Waals surface area (Å²) in [5, 5.41) is 2.71. The first-order valence-electron chi connectivity index (χ1n) is 9.18. The molecule has 1 aromatic heterocycles. The highest BCUT2D eigenvalue weighted by Crippen LogP contribution is 2.33. The SMILES string of the molecule is Cc1ccn(-c2ccc(F)cc2)c(=O)c1C(=O)Nc1ccc2c(c1)N(C)C(=O)CO2. The van der Waals surface area contributed by atoms with Crippen molar-refractivity contribution in [1.29, 1.82) is 0 Å². The van der Waals surface area contributed by atoms with Crippen LogP contribution in [-0.4, -0.2) is 30.0 Å². The molecule has 30 heavy (non-hydrogen) atoms. The summed E-state index contributed by atoms with van der Waals surface area (Å²) in [6, 6.07) is 12.0. The molecule has 2 aromatic carbocycles. The Hall–Kier alpha value is -3.94. The maximum Gasteiger partial charge on any atom is 0.268 e. The Morgan fingerprint density at radius 2 is 1.83 bits per heavy atom. The van der Waals surface area contributed by atoms with Gasteiger partial charge in [-0.05, 0) is 61.0 Å². The molecular formula is C22H18FN3O4. The molecule has 0 bridgehead atoms. The number of halogens is 1. The summed E-state index contributed by atoms with van der Waals surface area (Å²) < 4.78 is 19.9. The number of aryl methyl sites for hydroxylation is 1. The maximum absolute atomic E-state index is 13.2. The largest absolute Gasteiger partial charge is 0.482 e. The number of nitrogens with zero attached hydrogens (tertiary/aromatic N) is 2. The smallest absolute Gasteiger partial charge is 0.268 e. The predicted molar refractivity (Wildman–Crippen MR) is 110 cm³/mol. The van der Waals surface area contributed by atoms with Crippen LogP contribution in [0.4, 0.5) is 15.8 Å². The molecule has 0 unspecified atom stereocenters. The van der Waals surface area contributed by atoms with E-state index in [1.807, 2.05) is 0 Å². The van der Waals surface area contributed by atoms with Crippen LogP contribution < -0.4 is 20.5 Å². The molecule has 1 aliphatic rings. The van der Waals surface area contributed by atoms with Crippen LogP contribution in [0.25, 0.3) is 5.69 Å². The normalized spacial score (nSPS) is 12.9. The Balaban J connectivity index is 1.67. The van der Waals surface area contributed by atoms with Crippen molar-refractivity contribution < 1.29 is 18.7 Å². The van der Waals surface area contributed by atoms with E-state index in [1.165, 1.54) is 33.7 Å². The number of rotatable bonds is 3. The van der Waals surface area contributed by atoms with Crippen molar-refractivity contribution in [3.05, 3.63) is 82.0 Å². The van der Waals surface area contributed by atoms with Gasteiger partial charge in [0.25, 0.3) is 17.4 Å². The first-order chi connectivity index (χ1) is 14.3. The highest BCUT2D eigenvalue weighted by Gasteiger charge is 2.23. The average Bonchev–Trinajstić information content (AvgIpc) is 2.72. The minimum absolute atomic E-state index is 0.0276. The number of nitrogens with one attached hydrogen (secondary N) is 1. The van der Waals surface area contributed by atoms with Gasteiger partial charge in [-0.15, -0.1) is 0 Å². The highest BCUT2D eigenvalue weighted by molar-refractivity contribution is 6.06. The summed E-state index contributed by atoms with van der Waals surface area (Å²) in [6.07, 6.45) is 1.54. The predicted octanol–water partition coefficient (Wildman–Crippen LogP) is 2.89. The quantitative estimate of drug-likeness (QED) is 0.724. The number of aromatic nitrogens is 1. The summed E-state index contributed by atoms with van der Waals surface area (Å²) >= 11 is 0. The van der Waals surface area contributed by atoms with Crippen molar-refractivity contribution in [2.75, 3.05) is 23.9 Å². The minimum Gasteiger partial charge on any atom is -0.482 e. The van der Waals surface area contributed by atoms with E-state index in [4.69, 9.17) is 4.74 Å². The lowest BCUT2D eigenvalue weighted by molar-refractivity contribution is -0.120. The molecule has 7 nitrogen and oxygen atoms in total. The van der Waals surface area contributed by atoms with Gasteiger partial charge in [-0.1, -0.05) is 0 Å². The molecule has 0 saturated carbocycles. The first-order valence-corrected chi connectivity index (χ1v) is 9.18. The van der Waals surface area contributed by atoms with Gasteiger partial charge in [-0.3, -0.25) is 19.0 Å². The van der Waals surface area contributed by atoms with Crippen LogP contribution in [-0.2, 0) is 4.79 Å². The van der Waals surface area contributed by atoms with Crippen LogP contribution in [0.3, 0.4) is 0 Å². The monoisotopic (exact) mass is 407 g/mol. The number of carbonyl (C=O) groups is 2. The number of benzene rings is 2. The van der Waals surface area contributed by atoms with Gasteiger partial charge >= 0.3 is 0 Å². The van der Waals surface area contributed by atoms with Crippen LogP contribution >= 0.6 is 0 Å². The van der Waals surface area contributed by atoms with Crippen LogP contribution in [0.1, 0.15) is 15.9 Å². The molecule has 0 atom stereocenters. The van der Waals surface area contributed by atoms with E-state index in [0.717, 1.165) is 0 Å². The van der Waals surface area contributed by atoms with Gasteiger partial charge in [-0.25, -0.2) is 4.39 Å². The van der Waals surface area contributed by atoms with E-state index in [-0.39, 0.29) is 18.1 Å². The summed E-state index contributed by atoms with van der Waals surface area (Å²) in [5.74, 6) is -0.673. The average molecular weight is 407 g/mol. The van der Waals surface area contributed by atoms with Gasteiger partial charge in [0.2, 0.25) is 0 Å². The Kier molecular flexibility index (Phi) is 4.83. The molecule has 3 aromatic rings. The fourth-order valence-corrected chi connectivity index (χ4v) is 3.25. The van der Waals surface area contributed by atoms with Crippen LogP contribution in [0, 0.1) is 12.7 Å². The van der Waals surface area contributed by atoms with Gasteiger partial charge in [-0.2, -0.15) is 0 Å². The number of ether oxygens (including phenoxy) is 1. The molecule has 1 aliphatic heterocycles. The van der Waals surface area contributed by atoms with Gasteiger partial charge in [0, 0.05) is 24.6 Å². The number of hydrogen-bond donors (Lipinski definition) is 1. The molecule has 0 fully saturated rings. The van der Waals surface area contributed by atoms with Gasteiger partial charge in [0.05, 0.1) is 5.69 Å². The van der Waals surface area contributed by atoms with Crippen molar-refractivity contribution >= 4 is 23.2 Å². The summed E-state index contributed by atoms with van der Waals surface area (Å²) in [7, 11) is 1.62. The zero-order chi connectivity index (χ0) is 21.4. The molecule has 2 heterocycles. The fourth-order valence-electron chi connectivity index (χ4n) is 3.25. The standard InChI is InChI=1S/C22H18FN3O4/c1-13-9-10-26(16-6-3-14(23)4-7-16)22(29)20(13)21(28)24-15-5-8-18-17(11-15)25(2)19(27)12-30-18/h3-11H,12H2,1-2H3,(H,24,28). The van der Waals surface area contributed by atoms with Crippen molar-refractivity contribution in [3.63, 3.8) is 0 Å². The number of anilines is 2. The second-order valence-corrected chi connectivity index (χ2v) is 6.90. The number of pyridine rings is 1. The molecule has 0 aliphatic carbocycles. The zero-order valence-electron chi connectivity index (χ0n) is 16.3. The molecule has 0 spiro atoms. The third kappa shape index (κ3) is 3.43. The molecule has 0 radical (unpaired) electrons. The fraction of sp³-hybridized carbons (Fsp3) is 0.136. The molecule has 8 heteroatoms. The zero-order valence-corrected chi connectivity index (χ0v) is 16.3. The number of likely N-dealkylation sites (N-methyl/N-ethyl adjacent to an activating group) is 1. The molecule has 152 valence electrons. The molecule has 2 amide bonds. The Morgan fingerprint density at radius 3 is 2.57 bits per heavy atom. The van der Waals surface area contributed by atoms with Crippen molar-refractivity contribution in [1.82, 2.24) is 4.57 Å². The topological polar surface area (TPSA) is 80.6 Å². The van der Waals surface area contributed by atoms with E-state index < -0.39 is 17.3 Å². The summed E-state index contributed by atoms with van der Waals surface area (Å²) in [6.45, 7) is 1.62. The van der Waals surface area contributed by atoms with Crippen molar-refractivity contribution in [2.24, 2.45) is 0 Å². The second kappa shape index (κ2) is 7.47. The minimum atomic E-state index is -0.584. The van der Waals surface area contributed by atoms with Gasteiger partial charge in [0.15, 0.2) is 6.61 Å². The number of hydrogen-bond acceptors (Lipinski definition) is 4. The number of fused-ring (bicyclic) bond motifs is 1. The summed E-state index contributed by atoms with van der Waals surface area (Å²) in [4.78, 5) is 39.2. The van der Waals surface area contributed by atoms with Crippen LogP contribution in [0.2, 0.25) is 0 Å². The molecular weight excluding hydrogens is 389 g/mol. The van der Waals surface area contributed by atoms with Crippen molar-refractivity contribution in [3.8, 4) is 11.4 Å². The third-order valence-electron chi connectivity index (χ3n) is 4.94. The second-order valence-electron chi connectivity index (χ2n) is 6.90. The van der Waals surface area contributed by atoms with E-state index in [2.05, 4.69) is 5.32 Å². The number of carbonyl (C=O) groups excluding carboxylic acids is 2. The van der Waals surface area contributed by atoms with Crippen LogP contribution in [0.15, 0.2) is 59.5 Å². The maximum atomic E-state index is 13.2. The number of amides is 2. The Labute approximate surface area is 171 Å². The lowest BCUT2D eigenvalue weighted by Crippen LogP contribution is -2.35. The first kappa shape index (κ1) is 19.4. The van der Waals surface area contributed by atoms with E-state index in [0.29, 0.717) is 28.4 Å². The molecule has 0 saturated heterocycles. The lowest BCUT2D eigenvalue weighted by Gasteiger charge is -2.26. The summed E-state index contributed by atoms with van der Waals surface area (Å²) in [5.41, 5.74) is 1.34. The molecule has 1 N–H and O–H groups in total. The van der Waals surface area contributed by atoms with Gasteiger partial charge in [0.1, 0.15) is 17.1 Å². The third-order valence-corrected chi connectivity index (χ3v) is 4.94. The van der Waals surface area contributed by atoms with Crippen molar-refractivity contribution in [2.45, 2.75) is 6.92 Å². The van der Waals surface area contributed by atoms with Crippen LogP contribution in [0.5, 0.6) is 5.75 Å². The lowest BCUT2D eigenvalue weighted by atomic mass is 10.1. The van der Waals surface area contributed by atoms with E-state index >= 15 is 0 Å². The Bertz CT molecular complexity index is 1220. The van der Waals surface area contributed by atoms with E-state index in [1.54, 1.807) is 44.4 Å². The van der Waals surface area contributed by atoms with Gasteiger partial charge < -0.3 is 15.0 Å². The van der Waals surface area contributed by atoms with E-state index in [9.17, 15) is 18.8 Å².